The van der Waals surface area contributed by atoms with Crippen LogP contribution in [0.25, 0.3) is 11.4 Å². The summed E-state index contributed by atoms with van der Waals surface area (Å²) in [5, 5.41) is 9.61. The summed E-state index contributed by atoms with van der Waals surface area (Å²) in [4.78, 5) is 73.0. The predicted octanol–water partition coefficient (Wildman–Crippen LogP) is 1.80. The molecule has 6 rings (SSSR count). The highest BCUT2D eigenvalue weighted by molar-refractivity contribution is 5.97. The van der Waals surface area contributed by atoms with Gasteiger partial charge in [-0.25, -0.2) is 14.8 Å². The topological polar surface area (TPSA) is 206 Å². The van der Waals surface area contributed by atoms with Crippen molar-refractivity contribution in [3.05, 3.63) is 104 Å². The molecule has 1 atom stereocenters. The number of nitrogens with zero attached hydrogens (tertiary/aromatic N) is 4. The van der Waals surface area contributed by atoms with E-state index in [4.69, 9.17) is 5.73 Å². The Balaban J connectivity index is 1.13. The highest BCUT2D eigenvalue weighted by Crippen LogP contribution is 2.37. The normalized spacial score (nSPS) is 15.8. The van der Waals surface area contributed by atoms with E-state index in [0.717, 1.165) is 58.3 Å². The second-order valence-electron chi connectivity index (χ2n) is 11.1. The summed E-state index contributed by atoms with van der Waals surface area (Å²) in [6.07, 6.45) is 5.17. The standard InChI is InChI=1S/C32H30N8O6/c1-17-20-8-9-24(22(20)7-6-21(17)29-38-32(45)46-39-29)37-31(44)26-12-25(35-16-36-26)30(43)34-13-18-4-5-19-3-2-10-40(27(19)11-18)28(15-42)23(33)14-41/h4-7,11-12,14-16,24H,2-3,8-10,13,33H2,1H3,(H,34,43)(H,37,44)(H,38,39,45)/b28-23-/t24-/m0/s1. The summed E-state index contributed by atoms with van der Waals surface area (Å²) in [6.45, 7) is 2.61. The molecule has 2 amide bonds. The Morgan fingerprint density at radius 2 is 1.89 bits per heavy atom. The number of carbonyl (C=O) groups excluding carboxylic acids is 4. The number of H-pyrrole nitrogens is 1. The van der Waals surface area contributed by atoms with Gasteiger partial charge in [0.25, 0.3) is 11.8 Å². The number of nitrogens with two attached hydrogens (primary N) is 1. The molecule has 0 radical (unpaired) electrons. The molecule has 1 aliphatic heterocycles. The molecule has 46 heavy (non-hydrogen) atoms. The fourth-order valence-electron chi connectivity index (χ4n) is 6.07. The third kappa shape index (κ3) is 5.79. The minimum absolute atomic E-state index is 0.0265. The number of amides is 2. The molecule has 1 aliphatic carbocycles. The number of anilines is 1. The second-order valence-corrected chi connectivity index (χ2v) is 11.1. The van der Waals surface area contributed by atoms with Gasteiger partial charge in [0.1, 0.15) is 23.4 Å². The van der Waals surface area contributed by atoms with Gasteiger partial charge in [0.2, 0.25) is 0 Å². The number of hydrogen-bond donors (Lipinski definition) is 4. The van der Waals surface area contributed by atoms with E-state index in [-0.39, 0.29) is 35.4 Å². The Kier molecular flexibility index (Phi) is 8.25. The number of carbonyl (C=O) groups is 4. The lowest BCUT2D eigenvalue weighted by atomic mass is 9.97. The molecule has 5 N–H and O–H groups in total. The lowest BCUT2D eigenvalue weighted by Gasteiger charge is -2.32. The van der Waals surface area contributed by atoms with Crippen LogP contribution in [-0.2, 0) is 29.0 Å². The van der Waals surface area contributed by atoms with Crippen molar-refractivity contribution in [1.29, 1.82) is 0 Å². The smallest absolute Gasteiger partial charge is 0.394 e. The van der Waals surface area contributed by atoms with Crippen LogP contribution in [0, 0.1) is 6.92 Å². The van der Waals surface area contributed by atoms with Crippen LogP contribution in [-0.4, -0.2) is 51.0 Å². The Morgan fingerprint density at radius 1 is 1.09 bits per heavy atom. The molecule has 14 heteroatoms. The summed E-state index contributed by atoms with van der Waals surface area (Å²) in [5.74, 6) is -1.22. The number of benzene rings is 2. The maximum absolute atomic E-state index is 13.2. The third-order valence-corrected chi connectivity index (χ3v) is 8.37. The van der Waals surface area contributed by atoms with E-state index in [1.54, 1.807) is 4.90 Å². The van der Waals surface area contributed by atoms with Crippen molar-refractivity contribution in [3.63, 3.8) is 0 Å². The van der Waals surface area contributed by atoms with Gasteiger partial charge >= 0.3 is 5.76 Å². The summed E-state index contributed by atoms with van der Waals surface area (Å²) in [6, 6.07) is 10.5. The van der Waals surface area contributed by atoms with Crippen LogP contribution in [0.4, 0.5) is 5.69 Å². The van der Waals surface area contributed by atoms with Crippen molar-refractivity contribution in [1.82, 2.24) is 30.7 Å². The second kappa shape index (κ2) is 12.6. The first-order chi connectivity index (χ1) is 22.3. The molecule has 0 unspecified atom stereocenters. The molecule has 2 aliphatic rings. The summed E-state index contributed by atoms with van der Waals surface area (Å²) in [5.41, 5.74) is 12.0. The van der Waals surface area contributed by atoms with Crippen molar-refractivity contribution in [2.24, 2.45) is 5.73 Å². The first-order valence-electron chi connectivity index (χ1n) is 14.7. The summed E-state index contributed by atoms with van der Waals surface area (Å²) in [7, 11) is 0. The van der Waals surface area contributed by atoms with Crippen molar-refractivity contribution in [3.8, 4) is 11.4 Å². The number of aldehydes is 2. The SMILES string of the molecule is Cc1c(-c2noc(=O)[nH]2)ccc2c1CC[C@@H]2NC(=O)c1cc(C(=O)NCc2ccc3c(c2)N(/C(C=O)=C(\N)C=O)CCC3)ncn1. The summed E-state index contributed by atoms with van der Waals surface area (Å²) < 4.78 is 4.64. The molecular formula is C32H30N8O6. The predicted molar refractivity (Wildman–Crippen MR) is 164 cm³/mol. The average Bonchev–Trinajstić information content (AvgIpc) is 3.70. The van der Waals surface area contributed by atoms with Crippen LogP contribution in [0.3, 0.4) is 0 Å². The molecule has 234 valence electrons. The first-order valence-corrected chi connectivity index (χ1v) is 14.7. The maximum Gasteiger partial charge on any atom is 0.439 e. The van der Waals surface area contributed by atoms with Crippen molar-refractivity contribution >= 4 is 30.1 Å². The van der Waals surface area contributed by atoms with Gasteiger partial charge in [-0.2, -0.15) is 0 Å². The average molecular weight is 623 g/mol. The van der Waals surface area contributed by atoms with E-state index in [0.29, 0.717) is 31.4 Å². The van der Waals surface area contributed by atoms with Gasteiger partial charge in [-0.05, 0) is 66.5 Å². The van der Waals surface area contributed by atoms with E-state index >= 15 is 0 Å². The zero-order chi connectivity index (χ0) is 32.4. The van der Waals surface area contributed by atoms with Gasteiger partial charge in [-0.3, -0.25) is 28.7 Å². The largest absolute Gasteiger partial charge is 0.439 e. The molecule has 4 aromatic rings. The molecule has 0 saturated heterocycles. The van der Waals surface area contributed by atoms with Gasteiger partial charge in [-0.15, -0.1) is 0 Å². The highest BCUT2D eigenvalue weighted by atomic mass is 16.5. The monoisotopic (exact) mass is 622 g/mol. The fraction of sp³-hybridized carbons (Fsp3) is 0.250. The number of aromatic amines is 1. The number of allylic oxidation sites excluding steroid dienone is 2. The maximum atomic E-state index is 13.2. The van der Waals surface area contributed by atoms with Crippen LogP contribution >= 0.6 is 0 Å². The van der Waals surface area contributed by atoms with Crippen LogP contribution < -0.4 is 27.0 Å². The molecule has 0 fully saturated rings. The molecule has 3 heterocycles. The van der Waals surface area contributed by atoms with Crippen LogP contribution in [0.15, 0.2) is 63.4 Å². The van der Waals surface area contributed by atoms with Crippen LogP contribution in [0.5, 0.6) is 0 Å². The van der Waals surface area contributed by atoms with Crippen molar-refractivity contribution in [2.75, 3.05) is 11.4 Å². The van der Waals surface area contributed by atoms with E-state index in [1.165, 1.54) is 12.4 Å². The van der Waals surface area contributed by atoms with Crippen LogP contribution in [0.1, 0.15) is 67.7 Å². The fourth-order valence-corrected chi connectivity index (χ4v) is 6.07. The van der Waals surface area contributed by atoms with Gasteiger partial charge in [0, 0.05) is 30.4 Å². The Bertz CT molecular complexity index is 1960. The van der Waals surface area contributed by atoms with E-state index in [9.17, 15) is 24.0 Å². The van der Waals surface area contributed by atoms with Gasteiger partial charge < -0.3 is 21.3 Å². The Morgan fingerprint density at radius 3 is 2.63 bits per heavy atom. The van der Waals surface area contributed by atoms with E-state index in [1.807, 2.05) is 37.3 Å². The molecule has 0 saturated carbocycles. The van der Waals surface area contributed by atoms with Crippen molar-refractivity contribution in [2.45, 2.75) is 45.2 Å². The zero-order valence-corrected chi connectivity index (χ0v) is 24.8. The van der Waals surface area contributed by atoms with Crippen LogP contribution in [0.2, 0.25) is 0 Å². The molecular weight excluding hydrogens is 592 g/mol. The first kappa shape index (κ1) is 30.1. The minimum Gasteiger partial charge on any atom is -0.394 e. The molecule has 0 spiro atoms. The molecule has 14 nitrogen and oxygen atoms in total. The number of aryl methyl sites for hydroxylation is 1. The summed E-state index contributed by atoms with van der Waals surface area (Å²) >= 11 is 0. The zero-order valence-electron chi connectivity index (χ0n) is 24.8. The number of aromatic nitrogens is 4. The van der Waals surface area contributed by atoms with Gasteiger partial charge in [0.15, 0.2) is 18.4 Å². The minimum atomic E-state index is -0.631. The Labute approximate surface area is 262 Å². The Hall–Kier alpha value is -5.92. The van der Waals surface area contributed by atoms with Crippen molar-refractivity contribution < 1.29 is 23.7 Å². The number of hydrogen-bond acceptors (Lipinski definition) is 11. The number of nitrogens with one attached hydrogen (secondary N) is 3. The lowest BCUT2D eigenvalue weighted by molar-refractivity contribution is -0.107. The highest BCUT2D eigenvalue weighted by Gasteiger charge is 2.28. The lowest BCUT2D eigenvalue weighted by Crippen LogP contribution is -2.32. The molecule has 2 aromatic heterocycles. The van der Waals surface area contributed by atoms with E-state index < -0.39 is 17.6 Å². The van der Waals surface area contributed by atoms with Gasteiger partial charge in [-0.1, -0.05) is 29.4 Å². The number of fused-ring (bicyclic) bond motifs is 2. The quantitative estimate of drug-likeness (QED) is 0.156. The molecule has 0 bridgehead atoms. The number of rotatable bonds is 9. The third-order valence-electron chi connectivity index (χ3n) is 8.37. The van der Waals surface area contributed by atoms with E-state index in [2.05, 4.69) is 35.3 Å². The van der Waals surface area contributed by atoms with Gasteiger partial charge in [0.05, 0.1) is 11.7 Å². The molecule has 2 aromatic carbocycles.